The van der Waals surface area contributed by atoms with Gasteiger partial charge in [-0.15, -0.1) is 0 Å². The van der Waals surface area contributed by atoms with Gasteiger partial charge in [0.2, 0.25) is 11.8 Å². The molecule has 0 aliphatic carbocycles. The minimum Gasteiger partial charge on any atom is -0.422 e. The fourth-order valence-corrected chi connectivity index (χ4v) is 2.98. The average molecular weight is 317 g/mol. The maximum absolute atomic E-state index is 12.4. The molecule has 0 saturated heterocycles. The molecule has 3 heterocycles. The van der Waals surface area contributed by atoms with Gasteiger partial charge in [-0.05, 0) is 17.7 Å². The van der Waals surface area contributed by atoms with Gasteiger partial charge in [-0.3, -0.25) is 9.78 Å². The number of aromatic amines is 1. The molecule has 1 aliphatic rings. The highest BCUT2D eigenvalue weighted by atomic mass is 16.5. The van der Waals surface area contributed by atoms with Gasteiger partial charge in [0.25, 0.3) is 5.56 Å². The number of rotatable bonds is 1. The fourth-order valence-electron chi connectivity index (χ4n) is 2.98. The van der Waals surface area contributed by atoms with E-state index in [4.69, 9.17) is 10.5 Å². The minimum atomic E-state index is -0.663. The van der Waals surface area contributed by atoms with Crippen molar-refractivity contribution in [1.82, 2.24) is 15.0 Å². The number of benzene rings is 1. The van der Waals surface area contributed by atoms with Crippen molar-refractivity contribution in [2.24, 2.45) is 5.73 Å². The first kappa shape index (κ1) is 14.0. The van der Waals surface area contributed by atoms with Crippen LogP contribution >= 0.6 is 0 Å². The van der Waals surface area contributed by atoms with Gasteiger partial charge < -0.3 is 15.5 Å². The molecular formula is C17H11N5O2. The second-order valence-corrected chi connectivity index (χ2v) is 5.29. The van der Waals surface area contributed by atoms with Gasteiger partial charge in [-0.2, -0.15) is 5.26 Å². The summed E-state index contributed by atoms with van der Waals surface area (Å²) in [5.41, 5.74) is 7.48. The molecule has 3 N–H and O–H groups in total. The average Bonchev–Trinajstić information content (AvgIpc) is 2.60. The quantitative estimate of drug-likeness (QED) is 0.703. The summed E-state index contributed by atoms with van der Waals surface area (Å²) in [5, 5.41) is 10.4. The van der Waals surface area contributed by atoms with E-state index in [1.807, 2.05) is 24.3 Å². The van der Waals surface area contributed by atoms with Gasteiger partial charge in [-0.1, -0.05) is 18.2 Å². The molecule has 1 aliphatic heterocycles. The molecule has 2 aromatic heterocycles. The number of para-hydroxylation sites is 1. The zero-order chi connectivity index (χ0) is 16.7. The van der Waals surface area contributed by atoms with E-state index in [1.54, 1.807) is 12.3 Å². The number of aromatic nitrogens is 3. The van der Waals surface area contributed by atoms with Crippen molar-refractivity contribution < 1.29 is 4.74 Å². The number of pyridine rings is 1. The lowest BCUT2D eigenvalue weighted by atomic mass is 9.83. The number of H-pyrrole nitrogens is 1. The summed E-state index contributed by atoms with van der Waals surface area (Å²) in [5.74, 6) is -0.598. The number of fused-ring (bicyclic) bond motifs is 2. The van der Waals surface area contributed by atoms with Crippen LogP contribution < -0.4 is 16.0 Å². The number of nitrogens with one attached hydrogen (secondary N) is 1. The lowest BCUT2D eigenvalue weighted by Gasteiger charge is -2.25. The van der Waals surface area contributed by atoms with Gasteiger partial charge >= 0.3 is 0 Å². The Labute approximate surface area is 136 Å². The van der Waals surface area contributed by atoms with Crippen molar-refractivity contribution in [3.63, 3.8) is 0 Å². The highest BCUT2D eigenvalue weighted by Crippen LogP contribution is 2.40. The second kappa shape index (κ2) is 5.21. The first-order valence-corrected chi connectivity index (χ1v) is 7.19. The van der Waals surface area contributed by atoms with Gasteiger partial charge in [0, 0.05) is 11.6 Å². The largest absolute Gasteiger partial charge is 0.422 e. The van der Waals surface area contributed by atoms with E-state index in [0.717, 1.165) is 16.5 Å². The number of ether oxygens (including phenoxy) is 1. The van der Waals surface area contributed by atoms with Gasteiger partial charge in [0.05, 0.1) is 23.3 Å². The Kier molecular flexibility index (Phi) is 3.03. The molecule has 24 heavy (non-hydrogen) atoms. The molecule has 0 spiro atoms. The molecule has 1 atom stereocenters. The van der Waals surface area contributed by atoms with Gasteiger partial charge in [-0.25, -0.2) is 4.98 Å². The molecule has 0 fully saturated rings. The Bertz CT molecular complexity index is 1090. The third-order valence-corrected chi connectivity index (χ3v) is 4.02. The van der Waals surface area contributed by atoms with E-state index in [-0.39, 0.29) is 28.5 Å². The molecule has 0 saturated carbocycles. The van der Waals surface area contributed by atoms with Crippen molar-refractivity contribution in [3.05, 3.63) is 75.8 Å². The topological polar surface area (TPSA) is 118 Å². The van der Waals surface area contributed by atoms with E-state index in [2.05, 4.69) is 21.0 Å². The summed E-state index contributed by atoms with van der Waals surface area (Å²) in [6.45, 7) is 0. The fraction of sp³-hybridized carbons (Fsp3) is 0.0588. The highest BCUT2D eigenvalue weighted by Gasteiger charge is 2.34. The molecule has 4 rings (SSSR count). The van der Waals surface area contributed by atoms with Crippen molar-refractivity contribution >= 4 is 10.9 Å². The van der Waals surface area contributed by atoms with E-state index >= 15 is 0 Å². The molecule has 0 radical (unpaired) electrons. The molecule has 0 bridgehead atoms. The Balaban J connectivity index is 2.10. The minimum absolute atomic E-state index is 0.0472. The standard InChI is InChI=1S/C17H11N5O2/c18-7-11-13(10-5-6-20-12-4-2-1-3-9(10)12)14-16(23)21-8-22-17(14)24-15(11)19/h1-6,8,13H,19H2,(H,21,22,23). The number of allylic oxidation sites excluding steroid dienone is 1. The van der Waals surface area contributed by atoms with Crippen molar-refractivity contribution in [3.8, 4) is 11.9 Å². The van der Waals surface area contributed by atoms with Crippen LogP contribution in [0.4, 0.5) is 0 Å². The molecule has 1 aromatic carbocycles. The van der Waals surface area contributed by atoms with E-state index in [9.17, 15) is 10.1 Å². The van der Waals surface area contributed by atoms with Crippen LogP contribution in [0.1, 0.15) is 17.0 Å². The van der Waals surface area contributed by atoms with Crippen molar-refractivity contribution in [1.29, 1.82) is 5.26 Å². The van der Waals surface area contributed by atoms with Crippen LogP contribution in [0.2, 0.25) is 0 Å². The lowest BCUT2D eigenvalue weighted by molar-refractivity contribution is 0.375. The third kappa shape index (κ3) is 1.94. The summed E-state index contributed by atoms with van der Waals surface area (Å²) < 4.78 is 5.37. The number of hydrogen-bond acceptors (Lipinski definition) is 6. The molecule has 116 valence electrons. The van der Waals surface area contributed by atoms with Crippen LogP contribution in [0.3, 0.4) is 0 Å². The molecule has 1 unspecified atom stereocenters. The van der Waals surface area contributed by atoms with Gasteiger partial charge in [0.15, 0.2) is 0 Å². The Morgan fingerprint density at radius 1 is 1.25 bits per heavy atom. The van der Waals surface area contributed by atoms with E-state index < -0.39 is 5.92 Å². The zero-order valence-corrected chi connectivity index (χ0v) is 12.4. The Morgan fingerprint density at radius 2 is 2.08 bits per heavy atom. The summed E-state index contributed by atoms with van der Waals surface area (Å²) in [6.07, 6.45) is 2.88. The first-order chi connectivity index (χ1) is 11.7. The van der Waals surface area contributed by atoms with Gasteiger partial charge in [0.1, 0.15) is 11.6 Å². The summed E-state index contributed by atoms with van der Waals surface area (Å²) >= 11 is 0. The lowest BCUT2D eigenvalue weighted by Crippen LogP contribution is -2.28. The van der Waals surface area contributed by atoms with Crippen LogP contribution in [-0.4, -0.2) is 15.0 Å². The Morgan fingerprint density at radius 3 is 2.92 bits per heavy atom. The number of hydrogen-bond donors (Lipinski definition) is 2. The van der Waals surface area contributed by atoms with E-state index in [0.29, 0.717) is 0 Å². The molecule has 3 aromatic rings. The monoisotopic (exact) mass is 317 g/mol. The van der Waals surface area contributed by atoms with E-state index in [1.165, 1.54) is 6.33 Å². The van der Waals surface area contributed by atoms with Crippen molar-refractivity contribution in [2.45, 2.75) is 5.92 Å². The predicted octanol–water partition coefficient (Wildman–Crippen LogP) is 1.54. The number of nitriles is 1. The van der Waals surface area contributed by atoms with Crippen molar-refractivity contribution in [2.75, 3.05) is 0 Å². The summed E-state index contributed by atoms with van der Waals surface area (Å²) in [4.78, 5) is 23.3. The van der Waals surface area contributed by atoms with Crippen LogP contribution in [-0.2, 0) is 0 Å². The van der Waals surface area contributed by atoms with Crippen LogP contribution in [0.5, 0.6) is 5.88 Å². The summed E-state index contributed by atoms with van der Waals surface area (Å²) in [6, 6.07) is 11.3. The first-order valence-electron chi connectivity index (χ1n) is 7.19. The van der Waals surface area contributed by atoms with Crippen LogP contribution in [0.15, 0.2) is 59.1 Å². The SMILES string of the molecule is N#CC1=C(N)Oc2nc[nH]c(=O)c2C1c1ccnc2ccccc12. The summed E-state index contributed by atoms with van der Waals surface area (Å²) in [7, 11) is 0. The smallest absolute Gasteiger partial charge is 0.258 e. The molecule has 7 nitrogen and oxygen atoms in total. The normalized spacial score (nSPS) is 16.4. The maximum Gasteiger partial charge on any atom is 0.258 e. The number of nitrogens with two attached hydrogens (primary N) is 1. The van der Waals surface area contributed by atoms with Crippen LogP contribution in [0.25, 0.3) is 10.9 Å². The third-order valence-electron chi connectivity index (χ3n) is 4.02. The molecule has 0 amide bonds. The maximum atomic E-state index is 12.4. The highest BCUT2D eigenvalue weighted by molar-refractivity contribution is 5.84. The van der Waals surface area contributed by atoms with Crippen LogP contribution in [0, 0.1) is 11.3 Å². The zero-order valence-electron chi connectivity index (χ0n) is 12.4. The number of nitrogens with zero attached hydrogens (tertiary/aromatic N) is 3. The predicted molar refractivity (Wildman–Crippen MR) is 85.9 cm³/mol. The molecule has 7 heteroatoms. The molecular weight excluding hydrogens is 306 g/mol. The Hall–Kier alpha value is -3.66. The second-order valence-electron chi connectivity index (χ2n) is 5.29.